The first-order valence-corrected chi connectivity index (χ1v) is 9.70. The molecule has 27 heavy (non-hydrogen) atoms. The molecule has 1 rings (SSSR count). The van der Waals surface area contributed by atoms with E-state index in [9.17, 15) is 4.79 Å². The van der Waals surface area contributed by atoms with E-state index < -0.39 is 5.60 Å². The number of ether oxygens (including phenoxy) is 1. The second-order valence-electron chi connectivity index (χ2n) is 7.48. The van der Waals surface area contributed by atoms with Crippen molar-refractivity contribution in [2.75, 3.05) is 66.0 Å². The maximum atomic E-state index is 11.5. The van der Waals surface area contributed by atoms with Crippen LogP contribution in [0.3, 0.4) is 0 Å². The number of guanidine groups is 1. The number of piperazine rings is 1. The molecule has 0 aromatic rings. The van der Waals surface area contributed by atoms with Crippen LogP contribution in [0.5, 0.6) is 0 Å². The molecule has 1 amide bonds. The molecule has 8 nitrogen and oxygen atoms in total. The minimum Gasteiger partial charge on any atom is -0.444 e. The van der Waals surface area contributed by atoms with Crippen LogP contribution < -0.4 is 16.0 Å². The molecule has 1 heterocycles. The van der Waals surface area contributed by atoms with Gasteiger partial charge in [-0.2, -0.15) is 0 Å². The Bertz CT molecular complexity index is 434. The van der Waals surface area contributed by atoms with E-state index in [1.807, 2.05) is 20.8 Å². The third kappa shape index (κ3) is 13.1. The maximum absolute atomic E-state index is 11.5. The first-order valence-electron chi connectivity index (χ1n) is 9.70. The molecule has 0 aromatic heterocycles. The SMILES string of the molecule is CCN1CCN(CCNC(=NC)NCCCNC(=O)OC(C)(C)C)CC1.I. The Balaban J connectivity index is 0.00000676. The fourth-order valence-electron chi connectivity index (χ4n) is 2.68. The standard InChI is InChI=1S/C18H38N6O2.HI/c1-6-23-12-14-24(15-13-23)11-10-21-16(19-5)20-8-7-9-22-17(25)26-18(2,3)4;/h6-15H2,1-5H3,(H,22,25)(H2,19,20,21);1H. The summed E-state index contributed by atoms with van der Waals surface area (Å²) in [6.07, 6.45) is 0.432. The molecule has 0 unspecified atom stereocenters. The van der Waals surface area contributed by atoms with Crippen LogP contribution in [0, 0.1) is 0 Å². The van der Waals surface area contributed by atoms with Crippen LogP contribution in [0.15, 0.2) is 4.99 Å². The molecule has 0 bridgehead atoms. The number of amides is 1. The summed E-state index contributed by atoms with van der Waals surface area (Å²) in [5.41, 5.74) is -0.461. The minimum absolute atomic E-state index is 0. The van der Waals surface area contributed by atoms with Crippen molar-refractivity contribution in [1.82, 2.24) is 25.8 Å². The van der Waals surface area contributed by atoms with Gasteiger partial charge in [0, 0.05) is 59.4 Å². The van der Waals surface area contributed by atoms with Crippen molar-refractivity contribution in [2.45, 2.75) is 39.7 Å². The molecule has 0 spiro atoms. The molecule has 9 heteroatoms. The highest BCUT2D eigenvalue weighted by atomic mass is 127. The molecule has 1 aliphatic rings. The monoisotopic (exact) mass is 498 g/mol. The van der Waals surface area contributed by atoms with Gasteiger partial charge in [-0.1, -0.05) is 6.92 Å². The lowest BCUT2D eigenvalue weighted by atomic mass is 10.2. The number of nitrogens with one attached hydrogen (secondary N) is 3. The maximum Gasteiger partial charge on any atom is 0.407 e. The van der Waals surface area contributed by atoms with Crippen LogP contribution >= 0.6 is 24.0 Å². The quantitative estimate of drug-likeness (QED) is 0.203. The van der Waals surface area contributed by atoms with Crippen molar-refractivity contribution in [1.29, 1.82) is 0 Å². The van der Waals surface area contributed by atoms with Crippen molar-refractivity contribution < 1.29 is 9.53 Å². The van der Waals surface area contributed by atoms with Gasteiger partial charge in [0.2, 0.25) is 0 Å². The van der Waals surface area contributed by atoms with Crippen LogP contribution in [0.4, 0.5) is 4.79 Å². The number of carbonyl (C=O) groups excluding carboxylic acids is 1. The van der Waals surface area contributed by atoms with Crippen molar-refractivity contribution in [3.05, 3.63) is 0 Å². The number of likely N-dealkylation sites (N-methyl/N-ethyl adjacent to an activating group) is 1. The Morgan fingerprint density at radius 3 is 2.11 bits per heavy atom. The smallest absolute Gasteiger partial charge is 0.407 e. The number of aliphatic imine (C=N–C) groups is 1. The number of rotatable bonds is 8. The summed E-state index contributed by atoms with van der Waals surface area (Å²) in [6.45, 7) is 16.7. The first kappa shape index (κ1) is 26.2. The highest BCUT2D eigenvalue weighted by Crippen LogP contribution is 2.06. The van der Waals surface area contributed by atoms with E-state index in [-0.39, 0.29) is 30.1 Å². The van der Waals surface area contributed by atoms with Gasteiger partial charge in [0.25, 0.3) is 0 Å². The Labute approximate surface area is 181 Å². The van der Waals surface area contributed by atoms with Crippen molar-refractivity contribution in [3.8, 4) is 0 Å². The Morgan fingerprint density at radius 1 is 1.00 bits per heavy atom. The van der Waals surface area contributed by atoms with Crippen molar-refractivity contribution in [2.24, 2.45) is 4.99 Å². The number of carbonyl (C=O) groups is 1. The highest BCUT2D eigenvalue weighted by Gasteiger charge is 2.16. The Kier molecular flexibility index (Phi) is 13.8. The minimum atomic E-state index is -0.461. The largest absolute Gasteiger partial charge is 0.444 e. The summed E-state index contributed by atoms with van der Waals surface area (Å²) in [5, 5.41) is 9.36. The van der Waals surface area contributed by atoms with E-state index in [0.717, 1.165) is 64.7 Å². The van der Waals surface area contributed by atoms with Gasteiger partial charge in [-0.3, -0.25) is 9.89 Å². The summed E-state index contributed by atoms with van der Waals surface area (Å²) in [7, 11) is 1.77. The predicted octanol–water partition coefficient (Wildman–Crippen LogP) is 1.32. The molecule has 0 radical (unpaired) electrons. The van der Waals surface area contributed by atoms with E-state index >= 15 is 0 Å². The zero-order valence-corrected chi connectivity index (χ0v) is 20.0. The molecular formula is C18H39IN6O2. The third-order valence-electron chi connectivity index (χ3n) is 4.17. The summed E-state index contributed by atoms with van der Waals surface area (Å²) in [5.74, 6) is 0.800. The third-order valence-corrected chi connectivity index (χ3v) is 4.17. The number of hydrogen-bond donors (Lipinski definition) is 3. The van der Waals surface area contributed by atoms with Crippen LogP contribution in [-0.4, -0.2) is 93.4 Å². The van der Waals surface area contributed by atoms with Gasteiger partial charge < -0.3 is 25.6 Å². The average molecular weight is 498 g/mol. The van der Waals surface area contributed by atoms with E-state index in [1.54, 1.807) is 7.05 Å². The summed E-state index contributed by atoms with van der Waals surface area (Å²) >= 11 is 0. The molecule has 0 atom stereocenters. The number of alkyl carbamates (subject to hydrolysis) is 1. The predicted molar refractivity (Wildman–Crippen MR) is 122 cm³/mol. The van der Waals surface area contributed by atoms with Gasteiger partial charge in [-0.15, -0.1) is 24.0 Å². The van der Waals surface area contributed by atoms with Gasteiger partial charge >= 0.3 is 6.09 Å². The zero-order chi connectivity index (χ0) is 19.4. The number of hydrogen-bond acceptors (Lipinski definition) is 5. The molecule has 1 saturated heterocycles. The lowest BCUT2D eigenvalue weighted by molar-refractivity contribution is 0.0527. The normalized spacial score (nSPS) is 16.4. The molecular weight excluding hydrogens is 459 g/mol. The van der Waals surface area contributed by atoms with Gasteiger partial charge in [0.05, 0.1) is 0 Å². The van der Waals surface area contributed by atoms with Gasteiger partial charge in [-0.05, 0) is 33.7 Å². The van der Waals surface area contributed by atoms with Gasteiger partial charge in [0.15, 0.2) is 5.96 Å². The van der Waals surface area contributed by atoms with E-state index in [2.05, 4.69) is 37.7 Å². The lowest BCUT2D eigenvalue weighted by Gasteiger charge is -2.34. The van der Waals surface area contributed by atoms with Gasteiger partial charge in [0.1, 0.15) is 5.60 Å². The number of nitrogens with zero attached hydrogens (tertiary/aromatic N) is 3. The molecule has 0 saturated carbocycles. The van der Waals surface area contributed by atoms with Crippen molar-refractivity contribution in [3.63, 3.8) is 0 Å². The zero-order valence-electron chi connectivity index (χ0n) is 17.6. The summed E-state index contributed by atoms with van der Waals surface area (Å²) < 4.78 is 5.20. The second kappa shape index (κ2) is 14.2. The van der Waals surface area contributed by atoms with Crippen LogP contribution in [0.1, 0.15) is 34.1 Å². The summed E-state index contributed by atoms with van der Waals surface area (Å²) in [6, 6.07) is 0. The second-order valence-corrected chi connectivity index (χ2v) is 7.48. The lowest BCUT2D eigenvalue weighted by Crippen LogP contribution is -2.49. The van der Waals surface area contributed by atoms with Crippen LogP contribution in [0.2, 0.25) is 0 Å². The molecule has 0 aromatic carbocycles. The Morgan fingerprint density at radius 2 is 1.56 bits per heavy atom. The Hall–Kier alpha value is -0.810. The molecule has 0 aliphatic carbocycles. The first-order chi connectivity index (χ1) is 12.3. The molecule has 1 fully saturated rings. The molecule has 1 aliphatic heterocycles. The topological polar surface area (TPSA) is 81.2 Å². The van der Waals surface area contributed by atoms with E-state index in [0.29, 0.717) is 6.54 Å². The summed E-state index contributed by atoms with van der Waals surface area (Å²) in [4.78, 5) is 20.7. The van der Waals surface area contributed by atoms with Gasteiger partial charge in [-0.25, -0.2) is 4.79 Å². The van der Waals surface area contributed by atoms with E-state index in [1.165, 1.54) is 0 Å². The van der Waals surface area contributed by atoms with E-state index in [4.69, 9.17) is 4.74 Å². The fraction of sp³-hybridized carbons (Fsp3) is 0.889. The molecule has 3 N–H and O–H groups in total. The number of halogens is 1. The van der Waals surface area contributed by atoms with Crippen molar-refractivity contribution >= 4 is 36.0 Å². The van der Waals surface area contributed by atoms with Crippen LogP contribution in [-0.2, 0) is 4.74 Å². The average Bonchev–Trinajstić information content (AvgIpc) is 2.59. The fourth-order valence-corrected chi connectivity index (χ4v) is 2.68. The van der Waals surface area contributed by atoms with Crippen LogP contribution in [0.25, 0.3) is 0 Å². The highest BCUT2D eigenvalue weighted by molar-refractivity contribution is 14.0. The molecule has 160 valence electrons.